The zero-order valence-corrected chi connectivity index (χ0v) is 16.4. The minimum absolute atomic E-state index is 0.435. The van der Waals surface area contributed by atoms with Gasteiger partial charge in [-0.1, -0.05) is 18.2 Å². The third-order valence-corrected chi connectivity index (χ3v) is 5.20. The lowest BCUT2D eigenvalue weighted by atomic mass is 9.94. The van der Waals surface area contributed by atoms with E-state index in [0.29, 0.717) is 22.1 Å². The van der Waals surface area contributed by atoms with Crippen LogP contribution in [0.25, 0.3) is 0 Å². The summed E-state index contributed by atoms with van der Waals surface area (Å²) in [7, 11) is 3.18. The number of nitriles is 1. The third kappa shape index (κ3) is 3.09. The topological polar surface area (TPSA) is 70.3 Å². The largest absolute Gasteiger partial charge is 0.466 e. The summed E-state index contributed by atoms with van der Waals surface area (Å²) in [6, 6.07) is 13.1. The van der Waals surface area contributed by atoms with E-state index in [1.54, 1.807) is 10.6 Å². The number of ether oxygens (including phenoxy) is 1. The summed E-state index contributed by atoms with van der Waals surface area (Å²) in [5.41, 5.74) is 4.24. The fourth-order valence-electron chi connectivity index (χ4n) is 3.36. The van der Waals surface area contributed by atoms with Gasteiger partial charge in [-0.15, -0.1) is 0 Å². The quantitative estimate of drug-likeness (QED) is 0.652. The first kappa shape index (κ1) is 18.7. The van der Waals surface area contributed by atoms with Crippen LogP contribution in [0.1, 0.15) is 29.9 Å². The number of allylic oxidation sites excluding steroid dienone is 1. The Morgan fingerprint density at radius 1 is 1.30 bits per heavy atom. The molecule has 27 heavy (non-hydrogen) atoms. The zero-order chi connectivity index (χ0) is 19.7. The molecular formula is C20H20N4O2S. The van der Waals surface area contributed by atoms with Crippen molar-refractivity contribution in [1.29, 1.82) is 5.26 Å². The molecule has 1 aliphatic heterocycles. The summed E-state index contributed by atoms with van der Waals surface area (Å²) in [6.45, 7) is 3.76. The number of carbonyl (C=O) groups is 1. The summed E-state index contributed by atoms with van der Waals surface area (Å²) in [5, 5.41) is 13.1. The van der Waals surface area contributed by atoms with Gasteiger partial charge >= 0.3 is 5.97 Å². The van der Waals surface area contributed by atoms with Gasteiger partial charge in [-0.05, 0) is 44.3 Å². The Balaban J connectivity index is 2.19. The molecule has 0 radical (unpaired) electrons. The van der Waals surface area contributed by atoms with Crippen molar-refractivity contribution >= 4 is 29.0 Å². The van der Waals surface area contributed by atoms with Crippen molar-refractivity contribution in [3.63, 3.8) is 0 Å². The van der Waals surface area contributed by atoms with Crippen LogP contribution in [-0.2, 0) is 16.6 Å². The molecule has 1 aliphatic rings. The molecule has 0 spiro atoms. The van der Waals surface area contributed by atoms with Crippen molar-refractivity contribution in [1.82, 2.24) is 9.88 Å². The Bertz CT molecular complexity index is 985. The molecule has 0 saturated carbocycles. The number of para-hydroxylation sites is 1. The van der Waals surface area contributed by atoms with E-state index in [4.69, 9.17) is 17.0 Å². The molecule has 0 unspecified atom stereocenters. The second kappa shape index (κ2) is 7.25. The first-order valence-electron chi connectivity index (χ1n) is 8.41. The summed E-state index contributed by atoms with van der Waals surface area (Å²) in [4.78, 5) is 14.5. The monoisotopic (exact) mass is 380 g/mol. The number of carbonyl (C=O) groups excluding carboxylic acids is 1. The number of hydrogen-bond acceptors (Lipinski definition) is 4. The van der Waals surface area contributed by atoms with Crippen LogP contribution in [0.5, 0.6) is 0 Å². The van der Waals surface area contributed by atoms with Crippen LogP contribution in [-0.4, -0.2) is 22.8 Å². The van der Waals surface area contributed by atoms with Crippen LogP contribution in [0.4, 0.5) is 5.69 Å². The van der Waals surface area contributed by atoms with Crippen molar-refractivity contribution in [2.45, 2.75) is 19.9 Å². The van der Waals surface area contributed by atoms with Gasteiger partial charge in [0.1, 0.15) is 11.8 Å². The fourth-order valence-corrected chi connectivity index (χ4v) is 3.72. The van der Waals surface area contributed by atoms with E-state index in [0.717, 1.165) is 16.9 Å². The molecule has 1 aromatic heterocycles. The number of hydrogen-bond donors (Lipinski definition) is 1. The molecule has 2 aromatic rings. The van der Waals surface area contributed by atoms with Gasteiger partial charge in [0.15, 0.2) is 5.11 Å². The Morgan fingerprint density at radius 2 is 1.96 bits per heavy atom. The zero-order valence-electron chi connectivity index (χ0n) is 15.6. The Morgan fingerprint density at radius 3 is 2.52 bits per heavy atom. The van der Waals surface area contributed by atoms with Crippen molar-refractivity contribution in [2.75, 3.05) is 12.0 Å². The molecule has 3 rings (SSSR count). The molecule has 1 aromatic carbocycles. The molecule has 0 bridgehead atoms. The molecular weight excluding hydrogens is 360 g/mol. The molecule has 0 fully saturated rings. The highest BCUT2D eigenvalue weighted by atomic mass is 32.1. The minimum atomic E-state index is -0.488. The van der Waals surface area contributed by atoms with Crippen LogP contribution in [0, 0.1) is 18.3 Å². The van der Waals surface area contributed by atoms with E-state index in [2.05, 4.69) is 11.4 Å². The summed E-state index contributed by atoms with van der Waals surface area (Å²) in [5.74, 6) is -0.435. The lowest BCUT2D eigenvalue weighted by Gasteiger charge is -2.37. The summed E-state index contributed by atoms with van der Waals surface area (Å²) >= 11 is 5.61. The van der Waals surface area contributed by atoms with Gasteiger partial charge < -0.3 is 14.6 Å². The number of nitrogens with zero attached hydrogens (tertiary/aromatic N) is 3. The number of anilines is 1. The number of rotatable bonds is 3. The Labute approximate surface area is 163 Å². The van der Waals surface area contributed by atoms with Crippen LogP contribution < -0.4 is 10.2 Å². The molecule has 2 heterocycles. The Hall–Kier alpha value is -3.11. The number of nitrogens with one attached hydrogen (secondary N) is 1. The first-order chi connectivity index (χ1) is 12.9. The number of methoxy groups -OCH3 is 1. The minimum Gasteiger partial charge on any atom is -0.466 e. The van der Waals surface area contributed by atoms with Crippen molar-refractivity contribution in [2.24, 2.45) is 7.05 Å². The van der Waals surface area contributed by atoms with Gasteiger partial charge in [0.2, 0.25) is 0 Å². The smallest absolute Gasteiger partial charge is 0.337 e. The average molecular weight is 380 g/mol. The average Bonchev–Trinajstić information content (AvgIpc) is 2.96. The lowest BCUT2D eigenvalue weighted by molar-refractivity contribution is -0.136. The Kier molecular flexibility index (Phi) is 5.02. The highest BCUT2D eigenvalue weighted by Gasteiger charge is 2.36. The van der Waals surface area contributed by atoms with Gasteiger partial charge in [0.25, 0.3) is 0 Å². The maximum atomic E-state index is 12.7. The van der Waals surface area contributed by atoms with E-state index in [9.17, 15) is 10.1 Å². The maximum Gasteiger partial charge on any atom is 0.337 e. The standard InChI is InChI=1S/C20H20N4O2S/c1-12-16(10-15(11-21)23(12)3)18-17(19(25)26-4)13(2)24(20(27)22-18)14-8-6-5-7-9-14/h5-10,18H,1-4H3,(H,22,27)/t18-/m1/s1. The van der Waals surface area contributed by atoms with Crippen LogP contribution in [0.2, 0.25) is 0 Å². The fraction of sp³-hybridized carbons (Fsp3) is 0.250. The lowest BCUT2D eigenvalue weighted by Crippen LogP contribution is -2.48. The van der Waals surface area contributed by atoms with Gasteiger partial charge in [0, 0.05) is 29.7 Å². The van der Waals surface area contributed by atoms with E-state index >= 15 is 0 Å². The van der Waals surface area contributed by atoms with Crippen molar-refractivity contribution < 1.29 is 9.53 Å². The molecule has 0 aliphatic carbocycles. The predicted octanol–water partition coefficient (Wildman–Crippen LogP) is 3.09. The van der Waals surface area contributed by atoms with Crippen LogP contribution in [0.3, 0.4) is 0 Å². The molecule has 1 N–H and O–H groups in total. The SMILES string of the molecule is COC(=O)C1=C(C)N(c2ccccc2)C(=S)N[C@@H]1c1cc(C#N)n(C)c1C. The van der Waals surface area contributed by atoms with Gasteiger partial charge in [0.05, 0.1) is 18.7 Å². The second-order valence-electron chi connectivity index (χ2n) is 6.29. The van der Waals surface area contributed by atoms with Gasteiger partial charge in [-0.3, -0.25) is 4.90 Å². The van der Waals surface area contributed by atoms with Crippen molar-refractivity contribution in [3.8, 4) is 6.07 Å². The number of esters is 1. The molecule has 6 nitrogen and oxygen atoms in total. The van der Waals surface area contributed by atoms with Crippen molar-refractivity contribution in [3.05, 3.63) is 64.6 Å². The highest BCUT2D eigenvalue weighted by Crippen LogP contribution is 2.36. The molecule has 0 saturated heterocycles. The maximum absolute atomic E-state index is 12.7. The van der Waals surface area contributed by atoms with Crippen LogP contribution >= 0.6 is 12.2 Å². The van der Waals surface area contributed by atoms with Crippen LogP contribution in [0.15, 0.2) is 47.7 Å². The first-order valence-corrected chi connectivity index (χ1v) is 8.82. The molecule has 7 heteroatoms. The predicted molar refractivity (Wildman–Crippen MR) is 107 cm³/mol. The number of thiocarbonyl (C=S) groups is 1. The third-order valence-electron chi connectivity index (χ3n) is 4.90. The second-order valence-corrected chi connectivity index (χ2v) is 6.67. The van der Waals surface area contributed by atoms with E-state index in [-0.39, 0.29) is 0 Å². The molecule has 0 amide bonds. The van der Waals surface area contributed by atoms with Gasteiger partial charge in [-0.2, -0.15) is 5.26 Å². The highest BCUT2D eigenvalue weighted by molar-refractivity contribution is 7.80. The van der Waals surface area contributed by atoms with E-state index < -0.39 is 12.0 Å². The summed E-state index contributed by atoms with van der Waals surface area (Å²) in [6.07, 6.45) is 0. The van der Waals surface area contributed by atoms with E-state index in [1.807, 2.05) is 56.1 Å². The number of benzene rings is 1. The number of aromatic nitrogens is 1. The van der Waals surface area contributed by atoms with E-state index in [1.165, 1.54) is 7.11 Å². The molecule has 1 atom stereocenters. The van der Waals surface area contributed by atoms with Gasteiger partial charge in [-0.25, -0.2) is 4.79 Å². The summed E-state index contributed by atoms with van der Waals surface area (Å²) < 4.78 is 6.86. The molecule has 138 valence electrons. The normalized spacial score (nSPS) is 16.8.